The number of benzene rings is 3. The van der Waals surface area contributed by atoms with Crippen LogP contribution in [0, 0.1) is 0 Å². The minimum absolute atomic E-state index is 0.0354. The normalized spacial score (nSPS) is 11.0. The number of carbonyl (C=O) groups is 1. The Labute approximate surface area is 180 Å². The van der Waals surface area contributed by atoms with Crippen LogP contribution in [0.4, 0.5) is 5.69 Å². The molecule has 0 radical (unpaired) electrons. The predicted octanol–water partition coefficient (Wildman–Crippen LogP) is 4.12. The highest BCUT2D eigenvalue weighted by Gasteiger charge is 2.20. The van der Waals surface area contributed by atoms with Gasteiger partial charge < -0.3 is 10.1 Å². The minimum atomic E-state index is -3.94. The van der Waals surface area contributed by atoms with Crippen molar-refractivity contribution in [3.05, 3.63) is 88.9 Å². The van der Waals surface area contributed by atoms with Gasteiger partial charge >= 0.3 is 0 Å². The van der Waals surface area contributed by atoms with Gasteiger partial charge in [-0.15, -0.1) is 0 Å². The van der Waals surface area contributed by atoms with Gasteiger partial charge in [-0.05, 0) is 54.4 Å². The molecule has 0 unspecified atom stereocenters. The first kappa shape index (κ1) is 21.7. The molecule has 3 aromatic carbocycles. The predicted molar refractivity (Wildman–Crippen MR) is 118 cm³/mol. The molecule has 0 spiro atoms. The molecule has 0 aliphatic heterocycles. The molecule has 3 aromatic rings. The van der Waals surface area contributed by atoms with E-state index in [-0.39, 0.29) is 21.4 Å². The molecule has 3 rings (SSSR count). The Morgan fingerprint density at radius 2 is 1.70 bits per heavy atom. The first-order valence-corrected chi connectivity index (χ1v) is 11.0. The third kappa shape index (κ3) is 5.52. The van der Waals surface area contributed by atoms with Crippen molar-refractivity contribution in [3.8, 4) is 5.75 Å². The number of sulfonamides is 1. The largest absolute Gasteiger partial charge is 0.497 e. The van der Waals surface area contributed by atoms with Crippen LogP contribution in [-0.4, -0.2) is 28.0 Å². The third-order valence-corrected chi connectivity index (χ3v) is 6.23. The summed E-state index contributed by atoms with van der Waals surface area (Å²) in [5.41, 5.74) is 1.66. The van der Waals surface area contributed by atoms with Crippen LogP contribution in [0.1, 0.15) is 15.9 Å². The zero-order valence-corrected chi connectivity index (χ0v) is 17.8. The van der Waals surface area contributed by atoms with Crippen LogP contribution in [0.15, 0.2) is 77.7 Å². The van der Waals surface area contributed by atoms with Crippen LogP contribution >= 0.6 is 11.6 Å². The second kappa shape index (κ2) is 9.65. The van der Waals surface area contributed by atoms with Crippen LogP contribution in [0.5, 0.6) is 5.75 Å². The number of hydrogen-bond donors (Lipinski definition) is 2. The van der Waals surface area contributed by atoms with Crippen LogP contribution in [-0.2, 0) is 16.4 Å². The maximum Gasteiger partial charge on any atom is 0.263 e. The van der Waals surface area contributed by atoms with E-state index in [0.29, 0.717) is 18.7 Å². The van der Waals surface area contributed by atoms with E-state index >= 15 is 0 Å². The van der Waals surface area contributed by atoms with Gasteiger partial charge in [-0.3, -0.25) is 9.52 Å². The van der Waals surface area contributed by atoms with E-state index in [1.807, 2.05) is 24.3 Å². The lowest BCUT2D eigenvalue weighted by Gasteiger charge is -2.11. The number of halogens is 1. The Bertz CT molecular complexity index is 1120. The lowest BCUT2D eigenvalue weighted by molar-refractivity contribution is 0.0954. The summed E-state index contributed by atoms with van der Waals surface area (Å²) < 4.78 is 33.0. The van der Waals surface area contributed by atoms with E-state index in [4.69, 9.17) is 16.3 Å². The molecule has 6 nitrogen and oxygen atoms in total. The van der Waals surface area contributed by atoms with E-state index in [9.17, 15) is 13.2 Å². The number of ether oxygens (including phenoxy) is 1. The van der Waals surface area contributed by atoms with Gasteiger partial charge in [-0.1, -0.05) is 41.9 Å². The lowest BCUT2D eigenvalue weighted by Crippen LogP contribution is -2.26. The van der Waals surface area contributed by atoms with Crippen molar-refractivity contribution in [2.24, 2.45) is 0 Å². The molecule has 0 aromatic heterocycles. The summed E-state index contributed by atoms with van der Waals surface area (Å²) >= 11 is 6.10. The lowest BCUT2D eigenvalue weighted by atomic mass is 10.1. The van der Waals surface area contributed by atoms with Crippen molar-refractivity contribution < 1.29 is 17.9 Å². The first-order chi connectivity index (χ1) is 14.4. The van der Waals surface area contributed by atoms with E-state index in [0.717, 1.165) is 11.3 Å². The molecule has 0 aliphatic carbocycles. The fraction of sp³-hybridized carbons (Fsp3) is 0.136. The molecule has 0 saturated carbocycles. The molecule has 8 heteroatoms. The summed E-state index contributed by atoms with van der Waals surface area (Å²) in [6, 6.07) is 20.2. The number of carbonyl (C=O) groups excluding carboxylic acids is 1. The smallest absolute Gasteiger partial charge is 0.263 e. The van der Waals surface area contributed by atoms with Crippen molar-refractivity contribution in [2.45, 2.75) is 11.3 Å². The van der Waals surface area contributed by atoms with Crippen LogP contribution in [0.25, 0.3) is 0 Å². The Balaban J connectivity index is 1.68. The number of anilines is 1. The summed E-state index contributed by atoms with van der Waals surface area (Å²) in [5, 5.41) is 2.83. The number of amides is 1. The summed E-state index contributed by atoms with van der Waals surface area (Å²) in [7, 11) is -2.34. The van der Waals surface area contributed by atoms with Crippen molar-refractivity contribution >= 4 is 33.2 Å². The van der Waals surface area contributed by atoms with Crippen LogP contribution in [0.3, 0.4) is 0 Å². The quantitative estimate of drug-likeness (QED) is 0.547. The standard InChI is InChI=1S/C22H21ClN2O4S/c1-29-19-10-7-16(8-11-19)13-14-24-22(26)17-9-12-20(23)21(15-17)30(27,28)25-18-5-3-2-4-6-18/h2-12,15,25H,13-14H2,1H3,(H,24,26). The highest BCUT2D eigenvalue weighted by atomic mass is 35.5. The van der Waals surface area contributed by atoms with Crippen LogP contribution in [0.2, 0.25) is 5.02 Å². The maximum atomic E-state index is 12.7. The van der Waals surface area contributed by atoms with E-state index in [1.165, 1.54) is 18.2 Å². The molecule has 1 amide bonds. The van der Waals surface area contributed by atoms with Gasteiger partial charge in [-0.25, -0.2) is 8.42 Å². The number of rotatable bonds is 8. The number of methoxy groups -OCH3 is 1. The molecule has 156 valence electrons. The fourth-order valence-corrected chi connectivity index (χ4v) is 4.37. The van der Waals surface area contributed by atoms with Gasteiger partial charge in [0.15, 0.2) is 0 Å². The molecule has 0 heterocycles. The molecule has 2 N–H and O–H groups in total. The first-order valence-electron chi connectivity index (χ1n) is 9.17. The van der Waals surface area contributed by atoms with E-state index < -0.39 is 10.0 Å². The highest BCUT2D eigenvalue weighted by Crippen LogP contribution is 2.25. The number of para-hydroxylation sites is 1. The zero-order chi connectivity index (χ0) is 21.6. The Hall–Kier alpha value is -3.03. The van der Waals surface area contributed by atoms with E-state index in [1.54, 1.807) is 37.4 Å². The van der Waals surface area contributed by atoms with Gasteiger partial charge in [0.2, 0.25) is 0 Å². The van der Waals surface area contributed by atoms with Gasteiger partial charge in [-0.2, -0.15) is 0 Å². The second-order valence-corrected chi connectivity index (χ2v) is 8.53. The molecule has 0 atom stereocenters. The second-order valence-electron chi connectivity index (χ2n) is 6.47. The SMILES string of the molecule is COc1ccc(CCNC(=O)c2ccc(Cl)c(S(=O)(=O)Nc3ccccc3)c2)cc1. The minimum Gasteiger partial charge on any atom is -0.497 e. The topological polar surface area (TPSA) is 84.5 Å². The molecule has 0 aliphatic rings. The fourth-order valence-electron chi connectivity index (χ4n) is 2.78. The average Bonchev–Trinajstić information content (AvgIpc) is 2.74. The molecular weight excluding hydrogens is 424 g/mol. The zero-order valence-electron chi connectivity index (χ0n) is 16.3. The summed E-state index contributed by atoms with van der Waals surface area (Å²) in [6.07, 6.45) is 0.629. The van der Waals surface area contributed by atoms with Crippen molar-refractivity contribution in [3.63, 3.8) is 0 Å². The highest BCUT2D eigenvalue weighted by molar-refractivity contribution is 7.92. The Morgan fingerprint density at radius 3 is 2.37 bits per heavy atom. The van der Waals surface area contributed by atoms with Crippen molar-refractivity contribution in [1.29, 1.82) is 0 Å². The molecule has 30 heavy (non-hydrogen) atoms. The summed E-state index contributed by atoms with van der Waals surface area (Å²) in [6.45, 7) is 0.401. The summed E-state index contributed by atoms with van der Waals surface area (Å²) in [4.78, 5) is 12.3. The van der Waals surface area contributed by atoms with Gasteiger partial charge in [0.1, 0.15) is 10.6 Å². The molecule has 0 bridgehead atoms. The van der Waals surface area contributed by atoms with Crippen molar-refractivity contribution in [2.75, 3.05) is 18.4 Å². The average molecular weight is 445 g/mol. The number of hydrogen-bond acceptors (Lipinski definition) is 4. The van der Waals surface area contributed by atoms with Gasteiger partial charge in [0, 0.05) is 17.8 Å². The molecule has 0 saturated heterocycles. The molecule has 0 fully saturated rings. The van der Waals surface area contributed by atoms with Gasteiger partial charge in [0.05, 0.1) is 12.1 Å². The Kier molecular flexibility index (Phi) is 6.97. The van der Waals surface area contributed by atoms with E-state index in [2.05, 4.69) is 10.0 Å². The summed E-state index contributed by atoms with van der Waals surface area (Å²) in [5.74, 6) is 0.387. The van der Waals surface area contributed by atoms with Crippen LogP contribution < -0.4 is 14.8 Å². The number of nitrogens with one attached hydrogen (secondary N) is 2. The Morgan fingerprint density at radius 1 is 1.00 bits per heavy atom. The third-order valence-electron chi connectivity index (χ3n) is 4.37. The van der Waals surface area contributed by atoms with Crippen molar-refractivity contribution in [1.82, 2.24) is 5.32 Å². The van der Waals surface area contributed by atoms with Gasteiger partial charge in [0.25, 0.3) is 15.9 Å². The maximum absolute atomic E-state index is 12.7. The monoisotopic (exact) mass is 444 g/mol. The molecular formula is C22H21ClN2O4S.